The van der Waals surface area contributed by atoms with Crippen molar-refractivity contribution in [3.63, 3.8) is 0 Å². The van der Waals surface area contributed by atoms with Crippen LogP contribution in [0.2, 0.25) is 0 Å². The Labute approximate surface area is 309 Å². The number of aromatic nitrogens is 1. The second kappa shape index (κ2) is 17.6. The Balaban J connectivity index is 0.000000845. The summed E-state index contributed by atoms with van der Waals surface area (Å²) >= 11 is 0. The zero-order chi connectivity index (χ0) is 39.7. The minimum atomic E-state index is -5.08. The van der Waals surface area contributed by atoms with E-state index in [1.54, 1.807) is 29.3 Å². The third kappa shape index (κ3) is 10.1. The van der Waals surface area contributed by atoms with Crippen molar-refractivity contribution in [1.82, 2.24) is 9.88 Å². The molecule has 5 rings (SSSR count). The SMILES string of the molecule is CCOc1cc(C(Nc2ccc3c(N)nccc3c2)C(=O)N2CCC(C(=O)OC)C2c2cccc(NC(C)=O)c2)ccc1OC(C)C.O=C(O)C(F)(F)F. The number of amides is 2. The number of ether oxygens (including phenoxy) is 3. The van der Waals surface area contributed by atoms with E-state index in [-0.39, 0.29) is 17.9 Å². The molecule has 1 saturated heterocycles. The van der Waals surface area contributed by atoms with Crippen LogP contribution >= 0.6 is 0 Å². The topological polar surface area (TPSA) is 182 Å². The second-order valence-electron chi connectivity index (χ2n) is 12.5. The largest absolute Gasteiger partial charge is 0.490 e. The number of hydrogen-bond donors (Lipinski definition) is 4. The number of alkyl halides is 3. The zero-order valence-electron chi connectivity index (χ0n) is 30.3. The summed E-state index contributed by atoms with van der Waals surface area (Å²) in [5.41, 5.74) is 8.72. The minimum Gasteiger partial charge on any atom is -0.490 e. The fourth-order valence-corrected chi connectivity index (χ4v) is 6.09. The van der Waals surface area contributed by atoms with Crippen LogP contribution in [0.25, 0.3) is 10.8 Å². The maximum Gasteiger partial charge on any atom is 0.490 e. The summed E-state index contributed by atoms with van der Waals surface area (Å²) < 4.78 is 48.9. The fraction of sp³-hybridized carbons (Fsp3) is 0.342. The number of nitrogens with two attached hydrogens (primary N) is 1. The van der Waals surface area contributed by atoms with Crippen molar-refractivity contribution >= 4 is 51.7 Å². The summed E-state index contributed by atoms with van der Waals surface area (Å²) in [4.78, 5) is 54.5. The molecule has 288 valence electrons. The van der Waals surface area contributed by atoms with Gasteiger partial charge in [-0.3, -0.25) is 14.4 Å². The minimum absolute atomic E-state index is 0.0796. The Kier molecular flexibility index (Phi) is 13.3. The van der Waals surface area contributed by atoms with Gasteiger partial charge in [0.25, 0.3) is 0 Å². The number of carbonyl (C=O) groups is 4. The number of fused-ring (bicyclic) bond motifs is 1. The lowest BCUT2D eigenvalue weighted by atomic mass is 9.92. The molecule has 3 atom stereocenters. The van der Waals surface area contributed by atoms with E-state index in [1.165, 1.54) is 14.0 Å². The predicted octanol–water partition coefficient (Wildman–Crippen LogP) is 6.51. The predicted molar refractivity (Wildman–Crippen MR) is 195 cm³/mol. The normalized spacial score (nSPS) is 15.8. The zero-order valence-corrected chi connectivity index (χ0v) is 30.3. The second-order valence-corrected chi connectivity index (χ2v) is 12.5. The molecule has 0 radical (unpaired) electrons. The highest BCUT2D eigenvalue weighted by Crippen LogP contribution is 2.42. The highest BCUT2D eigenvalue weighted by molar-refractivity contribution is 5.94. The Morgan fingerprint density at radius 3 is 2.37 bits per heavy atom. The summed E-state index contributed by atoms with van der Waals surface area (Å²) in [6.07, 6.45) is -3.11. The van der Waals surface area contributed by atoms with E-state index in [9.17, 15) is 27.6 Å². The van der Waals surface area contributed by atoms with Crippen molar-refractivity contribution in [2.75, 3.05) is 36.6 Å². The van der Waals surface area contributed by atoms with Gasteiger partial charge in [-0.1, -0.05) is 18.2 Å². The van der Waals surface area contributed by atoms with Gasteiger partial charge in [0.1, 0.15) is 11.9 Å². The standard InChI is InChI=1S/C36H41N5O6.C2HF3O2/c1-6-46-31-20-24(10-13-30(31)47-21(2)3)32(40-27-11-12-28-23(18-27)14-16-38-34(28)37)35(43)41-17-15-29(36(44)45-5)33(41)25-8-7-9-26(19-25)39-22(4)42;3-2(4,5)1(6)7/h7-14,16,18-21,29,32-33,40H,6,15,17H2,1-5H3,(H2,37,38)(H,39,42);(H,6,7). The third-order valence-electron chi connectivity index (χ3n) is 8.29. The molecule has 2 heterocycles. The number of esters is 1. The monoisotopic (exact) mass is 753 g/mol. The molecular formula is C38H42F3N5O8. The van der Waals surface area contributed by atoms with Gasteiger partial charge in [0.2, 0.25) is 11.8 Å². The van der Waals surface area contributed by atoms with E-state index in [1.807, 2.05) is 69.3 Å². The molecule has 1 aliphatic rings. The van der Waals surface area contributed by atoms with Crippen LogP contribution < -0.4 is 25.8 Å². The molecule has 2 amide bonds. The molecule has 0 bridgehead atoms. The smallest absolute Gasteiger partial charge is 0.490 e. The van der Waals surface area contributed by atoms with Gasteiger partial charge in [-0.15, -0.1) is 0 Å². The first kappa shape index (κ1) is 40.7. The number of benzene rings is 3. The van der Waals surface area contributed by atoms with Crippen LogP contribution in [0.4, 0.5) is 30.4 Å². The first-order chi connectivity index (χ1) is 25.5. The van der Waals surface area contributed by atoms with Crippen LogP contribution in [0.15, 0.2) is 72.9 Å². The molecule has 3 unspecified atom stereocenters. The van der Waals surface area contributed by atoms with Crippen molar-refractivity contribution in [2.24, 2.45) is 5.92 Å². The molecule has 4 aromatic rings. The molecule has 0 spiro atoms. The number of methoxy groups -OCH3 is 1. The van der Waals surface area contributed by atoms with Gasteiger partial charge in [0.05, 0.1) is 31.8 Å². The molecule has 13 nitrogen and oxygen atoms in total. The summed E-state index contributed by atoms with van der Waals surface area (Å²) in [7, 11) is 1.35. The molecule has 1 fully saturated rings. The Hall–Kier alpha value is -6.06. The number of likely N-dealkylation sites (tertiary alicyclic amines) is 1. The first-order valence-electron chi connectivity index (χ1n) is 16.9. The van der Waals surface area contributed by atoms with Crippen LogP contribution in [0, 0.1) is 5.92 Å². The van der Waals surface area contributed by atoms with Gasteiger partial charge in [0, 0.05) is 36.4 Å². The van der Waals surface area contributed by atoms with Crippen LogP contribution in [-0.2, 0) is 23.9 Å². The third-order valence-corrected chi connectivity index (χ3v) is 8.29. The van der Waals surface area contributed by atoms with Gasteiger partial charge in [-0.2, -0.15) is 13.2 Å². The Morgan fingerprint density at radius 2 is 1.74 bits per heavy atom. The number of aliphatic carboxylic acids is 1. The van der Waals surface area contributed by atoms with E-state index in [2.05, 4.69) is 15.6 Å². The number of nitrogens with one attached hydrogen (secondary N) is 2. The van der Waals surface area contributed by atoms with Crippen LogP contribution in [0.5, 0.6) is 11.5 Å². The fourth-order valence-electron chi connectivity index (χ4n) is 6.09. The van der Waals surface area contributed by atoms with Crippen molar-refractivity contribution in [1.29, 1.82) is 0 Å². The van der Waals surface area contributed by atoms with Crippen LogP contribution in [0.3, 0.4) is 0 Å². The number of pyridine rings is 1. The number of nitrogen functional groups attached to an aromatic ring is 1. The molecule has 16 heteroatoms. The summed E-state index contributed by atoms with van der Waals surface area (Å²) in [5.74, 6) is -2.73. The van der Waals surface area contributed by atoms with E-state index >= 15 is 0 Å². The van der Waals surface area contributed by atoms with E-state index in [0.717, 1.165) is 10.8 Å². The number of carboxylic acid groups (broad SMARTS) is 1. The average Bonchev–Trinajstić information content (AvgIpc) is 3.56. The number of nitrogens with zero attached hydrogens (tertiary/aromatic N) is 2. The lowest BCUT2D eigenvalue weighted by Gasteiger charge is -2.32. The molecule has 5 N–H and O–H groups in total. The van der Waals surface area contributed by atoms with Crippen molar-refractivity contribution in [2.45, 2.75) is 58.5 Å². The summed E-state index contributed by atoms with van der Waals surface area (Å²) in [5, 5.41) is 15.0. The maximum absolute atomic E-state index is 14.8. The van der Waals surface area contributed by atoms with Gasteiger partial charge in [0.15, 0.2) is 11.5 Å². The molecule has 1 aromatic heterocycles. The number of carboxylic acids is 1. The molecule has 0 saturated carbocycles. The maximum atomic E-state index is 14.8. The lowest BCUT2D eigenvalue weighted by Crippen LogP contribution is -2.39. The highest BCUT2D eigenvalue weighted by atomic mass is 19.4. The van der Waals surface area contributed by atoms with Crippen molar-refractivity contribution in [3.05, 3.63) is 84.1 Å². The quantitative estimate of drug-likeness (QED) is 0.123. The number of hydrogen-bond acceptors (Lipinski definition) is 10. The van der Waals surface area contributed by atoms with Gasteiger partial charge >= 0.3 is 18.1 Å². The lowest BCUT2D eigenvalue weighted by molar-refractivity contribution is -0.192. The van der Waals surface area contributed by atoms with Gasteiger partial charge < -0.3 is 40.6 Å². The number of halogens is 3. The Bertz CT molecular complexity index is 1990. The summed E-state index contributed by atoms with van der Waals surface area (Å²) in [6.45, 7) is 7.91. The average molecular weight is 754 g/mol. The highest BCUT2D eigenvalue weighted by Gasteiger charge is 2.45. The van der Waals surface area contributed by atoms with Crippen molar-refractivity contribution < 1.29 is 51.7 Å². The van der Waals surface area contributed by atoms with Crippen LogP contribution in [0.1, 0.15) is 57.3 Å². The van der Waals surface area contributed by atoms with Crippen LogP contribution in [-0.4, -0.2) is 71.3 Å². The Morgan fingerprint density at radius 1 is 1.02 bits per heavy atom. The van der Waals surface area contributed by atoms with Crippen molar-refractivity contribution in [3.8, 4) is 11.5 Å². The number of anilines is 3. The van der Waals surface area contributed by atoms with Gasteiger partial charge in [-0.25, -0.2) is 9.78 Å². The summed E-state index contributed by atoms with van der Waals surface area (Å²) in [6, 6.07) is 18.7. The van der Waals surface area contributed by atoms with E-state index in [0.29, 0.717) is 59.4 Å². The molecular weight excluding hydrogens is 711 g/mol. The number of carbonyl (C=O) groups excluding carboxylic acids is 3. The van der Waals surface area contributed by atoms with E-state index in [4.69, 9.17) is 29.8 Å². The molecule has 3 aromatic carbocycles. The molecule has 1 aliphatic heterocycles. The molecule has 54 heavy (non-hydrogen) atoms. The van der Waals surface area contributed by atoms with Gasteiger partial charge in [-0.05, 0) is 92.2 Å². The first-order valence-corrected chi connectivity index (χ1v) is 16.9. The number of rotatable bonds is 11. The molecule has 0 aliphatic carbocycles. The van der Waals surface area contributed by atoms with E-state index < -0.39 is 36.1 Å².